The third-order valence-corrected chi connectivity index (χ3v) is 4.19. The molecule has 0 spiro atoms. The highest BCUT2D eigenvalue weighted by Gasteiger charge is 2.16. The van der Waals surface area contributed by atoms with Gasteiger partial charge in [-0.2, -0.15) is 4.98 Å². The summed E-state index contributed by atoms with van der Waals surface area (Å²) in [4.78, 5) is 13.7. The van der Waals surface area contributed by atoms with Crippen LogP contribution in [0.25, 0.3) is 0 Å². The minimum Gasteiger partial charge on any atom is -0.354 e. The Balaban J connectivity index is 1.79. The average Bonchev–Trinajstić information content (AvgIpc) is 2.52. The Morgan fingerprint density at radius 3 is 2.36 bits per heavy atom. The van der Waals surface area contributed by atoms with Crippen molar-refractivity contribution in [3.63, 3.8) is 0 Å². The Bertz CT molecular complexity index is 627. The summed E-state index contributed by atoms with van der Waals surface area (Å²) in [6.07, 6.45) is 1.83. The molecule has 22 heavy (non-hydrogen) atoms. The molecule has 1 fully saturated rings. The molecule has 0 aliphatic carbocycles. The molecule has 1 N–H and O–H groups in total. The van der Waals surface area contributed by atoms with Crippen molar-refractivity contribution in [3.8, 4) is 0 Å². The monoisotopic (exact) mass is 297 g/mol. The number of nitrogens with one attached hydrogen (secondary N) is 1. The Labute approximate surface area is 132 Å². The second-order valence-electron chi connectivity index (χ2n) is 5.92. The van der Waals surface area contributed by atoms with Gasteiger partial charge < -0.3 is 15.1 Å². The van der Waals surface area contributed by atoms with E-state index in [0.29, 0.717) is 5.95 Å². The number of rotatable bonds is 3. The van der Waals surface area contributed by atoms with Gasteiger partial charge in [0.2, 0.25) is 5.95 Å². The van der Waals surface area contributed by atoms with Gasteiger partial charge in [-0.05, 0) is 38.1 Å². The molecule has 5 heteroatoms. The van der Waals surface area contributed by atoms with E-state index in [9.17, 15) is 0 Å². The van der Waals surface area contributed by atoms with Crippen molar-refractivity contribution < 1.29 is 0 Å². The van der Waals surface area contributed by atoms with Crippen LogP contribution in [-0.2, 0) is 0 Å². The van der Waals surface area contributed by atoms with E-state index in [-0.39, 0.29) is 0 Å². The van der Waals surface area contributed by atoms with Gasteiger partial charge in [0, 0.05) is 38.1 Å². The lowest BCUT2D eigenvalue weighted by Crippen LogP contribution is -2.44. The minimum atomic E-state index is 0.661. The van der Waals surface area contributed by atoms with Crippen LogP contribution in [-0.4, -0.2) is 48.1 Å². The average molecular weight is 297 g/mol. The van der Waals surface area contributed by atoms with E-state index in [1.807, 2.05) is 12.3 Å². The predicted octanol–water partition coefficient (Wildman–Crippen LogP) is 2.59. The zero-order valence-corrected chi connectivity index (χ0v) is 13.5. The van der Waals surface area contributed by atoms with E-state index in [4.69, 9.17) is 0 Å². The summed E-state index contributed by atoms with van der Waals surface area (Å²) in [7, 11) is 2.16. The summed E-state index contributed by atoms with van der Waals surface area (Å²) < 4.78 is 0. The van der Waals surface area contributed by atoms with Gasteiger partial charge in [0.25, 0.3) is 0 Å². The number of likely N-dealkylation sites (N-methyl/N-ethyl adjacent to an activating group) is 1. The van der Waals surface area contributed by atoms with Gasteiger partial charge >= 0.3 is 0 Å². The zero-order chi connectivity index (χ0) is 15.5. The van der Waals surface area contributed by atoms with E-state index in [1.165, 1.54) is 11.1 Å². The lowest BCUT2D eigenvalue weighted by Gasteiger charge is -2.33. The van der Waals surface area contributed by atoms with Gasteiger partial charge in [-0.1, -0.05) is 18.2 Å². The molecule has 1 saturated heterocycles. The predicted molar refractivity (Wildman–Crippen MR) is 90.9 cm³/mol. The maximum absolute atomic E-state index is 4.68. The Morgan fingerprint density at radius 2 is 1.68 bits per heavy atom. The first-order chi connectivity index (χ1) is 10.6. The zero-order valence-electron chi connectivity index (χ0n) is 13.5. The highest BCUT2D eigenvalue weighted by molar-refractivity contribution is 5.63. The van der Waals surface area contributed by atoms with Gasteiger partial charge in [-0.25, -0.2) is 4.98 Å². The highest BCUT2D eigenvalue weighted by Crippen LogP contribution is 2.23. The summed E-state index contributed by atoms with van der Waals surface area (Å²) in [5.74, 6) is 1.66. The third-order valence-electron chi connectivity index (χ3n) is 4.19. The number of para-hydroxylation sites is 1. The van der Waals surface area contributed by atoms with Crippen molar-refractivity contribution in [3.05, 3.63) is 41.6 Å². The molecule has 0 amide bonds. The lowest BCUT2D eigenvalue weighted by molar-refractivity contribution is 0.312. The quantitative estimate of drug-likeness (QED) is 0.943. The van der Waals surface area contributed by atoms with Crippen LogP contribution in [0.5, 0.6) is 0 Å². The number of aromatic nitrogens is 2. The molecule has 2 heterocycles. The Kier molecular flexibility index (Phi) is 4.24. The van der Waals surface area contributed by atoms with Gasteiger partial charge in [0.1, 0.15) is 5.82 Å². The van der Waals surface area contributed by atoms with Gasteiger partial charge in [0.15, 0.2) is 0 Å². The Morgan fingerprint density at radius 1 is 1.00 bits per heavy atom. The fourth-order valence-electron chi connectivity index (χ4n) is 2.74. The molecule has 116 valence electrons. The maximum atomic E-state index is 4.68. The molecular weight excluding hydrogens is 274 g/mol. The van der Waals surface area contributed by atoms with E-state index in [2.05, 4.69) is 64.2 Å². The summed E-state index contributed by atoms with van der Waals surface area (Å²) in [5, 5.41) is 3.37. The molecule has 0 radical (unpaired) electrons. The number of benzene rings is 1. The fourth-order valence-corrected chi connectivity index (χ4v) is 2.74. The van der Waals surface area contributed by atoms with Crippen LogP contribution in [0.1, 0.15) is 11.1 Å². The van der Waals surface area contributed by atoms with Crippen LogP contribution in [0, 0.1) is 13.8 Å². The number of aryl methyl sites for hydroxylation is 2. The number of piperazine rings is 1. The molecule has 5 nitrogen and oxygen atoms in total. The van der Waals surface area contributed by atoms with Crippen molar-refractivity contribution >= 4 is 17.5 Å². The third kappa shape index (κ3) is 3.20. The van der Waals surface area contributed by atoms with Crippen LogP contribution >= 0.6 is 0 Å². The molecule has 0 saturated carbocycles. The van der Waals surface area contributed by atoms with Crippen LogP contribution < -0.4 is 10.2 Å². The highest BCUT2D eigenvalue weighted by atomic mass is 15.3. The van der Waals surface area contributed by atoms with Crippen LogP contribution in [0.3, 0.4) is 0 Å². The largest absolute Gasteiger partial charge is 0.354 e. The SMILES string of the molecule is Cc1cccc(C)c1Nc1nccc(N2CCN(C)CC2)n1. The second-order valence-corrected chi connectivity index (χ2v) is 5.92. The lowest BCUT2D eigenvalue weighted by atomic mass is 10.1. The van der Waals surface area contributed by atoms with E-state index < -0.39 is 0 Å². The summed E-state index contributed by atoms with van der Waals surface area (Å²) in [6, 6.07) is 8.25. The van der Waals surface area contributed by atoms with Crippen molar-refractivity contribution in [1.82, 2.24) is 14.9 Å². The number of hydrogen-bond acceptors (Lipinski definition) is 5. The first-order valence-corrected chi connectivity index (χ1v) is 7.73. The molecule has 1 aromatic carbocycles. The van der Waals surface area contributed by atoms with Crippen molar-refractivity contribution in [1.29, 1.82) is 0 Å². The molecular formula is C17H23N5. The molecule has 2 aromatic rings. The standard InChI is InChI=1S/C17H23N5/c1-13-5-4-6-14(2)16(13)20-17-18-8-7-15(19-17)22-11-9-21(3)10-12-22/h4-8H,9-12H2,1-3H3,(H,18,19,20). The van der Waals surface area contributed by atoms with Gasteiger partial charge in [-0.3, -0.25) is 0 Å². The van der Waals surface area contributed by atoms with Crippen molar-refractivity contribution in [2.45, 2.75) is 13.8 Å². The van der Waals surface area contributed by atoms with E-state index in [1.54, 1.807) is 0 Å². The first-order valence-electron chi connectivity index (χ1n) is 7.73. The molecule has 1 aliphatic rings. The van der Waals surface area contributed by atoms with Crippen LogP contribution in [0.2, 0.25) is 0 Å². The molecule has 0 unspecified atom stereocenters. The van der Waals surface area contributed by atoms with Crippen molar-refractivity contribution in [2.75, 3.05) is 43.4 Å². The Hall–Kier alpha value is -2.14. The second kappa shape index (κ2) is 6.32. The number of nitrogens with zero attached hydrogens (tertiary/aromatic N) is 4. The summed E-state index contributed by atoms with van der Waals surface area (Å²) in [6.45, 7) is 8.36. The smallest absolute Gasteiger partial charge is 0.229 e. The number of anilines is 3. The fraction of sp³-hybridized carbons (Fsp3) is 0.412. The van der Waals surface area contributed by atoms with E-state index in [0.717, 1.165) is 37.7 Å². The summed E-state index contributed by atoms with van der Waals surface area (Å²) >= 11 is 0. The topological polar surface area (TPSA) is 44.3 Å². The molecule has 0 bridgehead atoms. The van der Waals surface area contributed by atoms with Gasteiger partial charge in [-0.15, -0.1) is 0 Å². The molecule has 1 aliphatic heterocycles. The normalized spacial score (nSPS) is 15.9. The molecule has 1 aromatic heterocycles. The molecule has 3 rings (SSSR count). The van der Waals surface area contributed by atoms with Gasteiger partial charge in [0.05, 0.1) is 0 Å². The minimum absolute atomic E-state index is 0.661. The van der Waals surface area contributed by atoms with E-state index >= 15 is 0 Å². The summed E-state index contributed by atoms with van der Waals surface area (Å²) in [5.41, 5.74) is 3.50. The molecule has 0 atom stereocenters. The first kappa shape index (κ1) is 14.8. The maximum Gasteiger partial charge on any atom is 0.229 e. The number of hydrogen-bond donors (Lipinski definition) is 1. The van der Waals surface area contributed by atoms with Crippen LogP contribution in [0.4, 0.5) is 17.5 Å². The van der Waals surface area contributed by atoms with Crippen molar-refractivity contribution in [2.24, 2.45) is 0 Å². The van der Waals surface area contributed by atoms with Crippen LogP contribution in [0.15, 0.2) is 30.5 Å².